The van der Waals surface area contributed by atoms with Crippen LogP contribution < -0.4 is 5.73 Å². The topological polar surface area (TPSA) is 42.2 Å². The molecule has 3 nitrogen and oxygen atoms in total. The number of rotatable bonds is 4. The standard InChI is InChI=1S/C13H16ClN3S/c1-9(10-4-3-5-11(14)6-10)17(2)8-12-7-16-13(15)18-12/h3-7,9H,8H2,1-2H3,(H2,15,16). The van der Waals surface area contributed by atoms with Gasteiger partial charge in [0, 0.05) is 28.7 Å². The molecule has 5 heteroatoms. The van der Waals surface area contributed by atoms with Gasteiger partial charge in [0.2, 0.25) is 0 Å². The van der Waals surface area contributed by atoms with Gasteiger partial charge in [-0.1, -0.05) is 23.7 Å². The van der Waals surface area contributed by atoms with Crippen LogP contribution in [0.15, 0.2) is 30.5 Å². The zero-order valence-electron chi connectivity index (χ0n) is 10.4. The fourth-order valence-corrected chi connectivity index (χ4v) is 2.75. The molecule has 1 heterocycles. The monoisotopic (exact) mass is 281 g/mol. The van der Waals surface area contributed by atoms with Crippen LogP contribution >= 0.6 is 22.9 Å². The second-order valence-electron chi connectivity index (χ2n) is 4.31. The van der Waals surface area contributed by atoms with Gasteiger partial charge < -0.3 is 5.73 Å². The molecule has 0 aliphatic heterocycles. The summed E-state index contributed by atoms with van der Waals surface area (Å²) in [4.78, 5) is 7.48. The SMILES string of the molecule is CC(c1cccc(Cl)c1)N(C)Cc1cnc(N)s1. The number of nitrogens with zero attached hydrogens (tertiary/aromatic N) is 2. The number of halogens is 1. The van der Waals surface area contributed by atoms with E-state index in [4.69, 9.17) is 17.3 Å². The van der Waals surface area contributed by atoms with Gasteiger partial charge in [-0.3, -0.25) is 4.90 Å². The Balaban J connectivity index is 2.06. The third kappa shape index (κ3) is 3.22. The normalized spacial score (nSPS) is 12.9. The van der Waals surface area contributed by atoms with E-state index >= 15 is 0 Å². The molecule has 0 spiro atoms. The zero-order valence-corrected chi connectivity index (χ0v) is 12.0. The Bertz CT molecular complexity index is 526. The van der Waals surface area contributed by atoms with E-state index in [0.29, 0.717) is 11.2 Å². The van der Waals surface area contributed by atoms with Gasteiger partial charge in [0.1, 0.15) is 0 Å². The summed E-state index contributed by atoms with van der Waals surface area (Å²) in [6.45, 7) is 3.00. The zero-order chi connectivity index (χ0) is 13.1. The number of nitrogen functional groups attached to an aromatic ring is 1. The van der Waals surface area contributed by atoms with Crippen LogP contribution in [0.1, 0.15) is 23.4 Å². The van der Waals surface area contributed by atoms with Crippen molar-refractivity contribution in [2.24, 2.45) is 0 Å². The summed E-state index contributed by atoms with van der Waals surface area (Å²) in [5.41, 5.74) is 6.84. The summed E-state index contributed by atoms with van der Waals surface area (Å²) in [6.07, 6.45) is 1.83. The van der Waals surface area contributed by atoms with E-state index in [0.717, 1.165) is 11.6 Å². The number of nitrogens with two attached hydrogens (primary N) is 1. The third-order valence-corrected chi connectivity index (χ3v) is 4.02. The second kappa shape index (κ2) is 5.69. The first-order valence-electron chi connectivity index (χ1n) is 5.72. The summed E-state index contributed by atoms with van der Waals surface area (Å²) in [7, 11) is 2.08. The highest BCUT2D eigenvalue weighted by Gasteiger charge is 2.13. The average Bonchev–Trinajstić information content (AvgIpc) is 2.73. The predicted molar refractivity (Wildman–Crippen MR) is 77.9 cm³/mol. The van der Waals surface area contributed by atoms with Crippen LogP contribution in [0.5, 0.6) is 0 Å². The van der Waals surface area contributed by atoms with Gasteiger partial charge in [0.05, 0.1) is 0 Å². The first-order chi connectivity index (χ1) is 8.56. The van der Waals surface area contributed by atoms with Crippen molar-refractivity contribution in [3.05, 3.63) is 45.9 Å². The van der Waals surface area contributed by atoms with Gasteiger partial charge in [-0.05, 0) is 31.7 Å². The van der Waals surface area contributed by atoms with E-state index in [1.807, 2.05) is 24.4 Å². The quantitative estimate of drug-likeness (QED) is 0.931. The van der Waals surface area contributed by atoms with Gasteiger partial charge in [-0.25, -0.2) is 4.98 Å². The molecule has 0 amide bonds. The molecule has 0 saturated heterocycles. The minimum Gasteiger partial charge on any atom is -0.375 e. The molecule has 2 aromatic rings. The van der Waals surface area contributed by atoms with Gasteiger partial charge in [0.25, 0.3) is 0 Å². The van der Waals surface area contributed by atoms with Crippen LogP contribution in [0.3, 0.4) is 0 Å². The molecule has 1 unspecified atom stereocenters. The van der Waals surface area contributed by atoms with Gasteiger partial charge in [-0.2, -0.15) is 0 Å². The van der Waals surface area contributed by atoms with Crippen molar-refractivity contribution >= 4 is 28.1 Å². The van der Waals surface area contributed by atoms with Gasteiger partial charge in [0.15, 0.2) is 5.13 Å². The van der Waals surface area contributed by atoms with E-state index in [2.05, 4.69) is 29.9 Å². The molecule has 1 aromatic carbocycles. The smallest absolute Gasteiger partial charge is 0.180 e. The molecular formula is C13H16ClN3S. The summed E-state index contributed by atoms with van der Waals surface area (Å²) in [5, 5.41) is 1.39. The van der Waals surface area contributed by atoms with Gasteiger partial charge in [-0.15, -0.1) is 11.3 Å². The van der Waals surface area contributed by atoms with E-state index in [9.17, 15) is 0 Å². The Morgan fingerprint density at radius 1 is 1.50 bits per heavy atom. The molecule has 0 aliphatic rings. The fourth-order valence-electron chi connectivity index (χ4n) is 1.80. The van der Waals surface area contributed by atoms with E-state index in [-0.39, 0.29) is 0 Å². The van der Waals surface area contributed by atoms with Crippen molar-refractivity contribution in [2.75, 3.05) is 12.8 Å². The lowest BCUT2D eigenvalue weighted by Gasteiger charge is -2.24. The van der Waals surface area contributed by atoms with Crippen molar-refractivity contribution < 1.29 is 0 Å². The number of hydrogen-bond donors (Lipinski definition) is 1. The lowest BCUT2D eigenvalue weighted by molar-refractivity contribution is 0.255. The third-order valence-electron chi connectivity index (χ3n) is 2.97. The molecule has 1 atom stereocenters. The first-order valence-corrected chi connectivity index (χ1v) is 6.91. The largest absolute Gasteiger partial charge is 0.375 e. The highest BCUT2D eigenvalue weighted by atomic mass is 35.5. The first kappa shape index (κ1) is 13.3. The van der Waals surface area contributed by atoms with Crippen molar-refractivity contribution in [1.82, 2.24) is 9.88 Å². The molecule has 2 N–H and O–H groups in total. The molecule has 0 bridgehead atoms. The molecule has 96 valence electrons. The number of benzene rings is 1. The van der Waals surface area contributed by atoms with Gasteiger partial charge >= 0.3 is 0 Å². The predicted octanol–water partition coefficient (Wildman–Crippen LogP) is 3.57. The van der Waals surface area contributed by atoms with Crippen molar-refractivity contribution in [3.63, 3.8) is 0 Å². The van der Waals surface area contributed by atoms with Crippen molar-refractivity contribution in [3.8, 4) is 0 Å². The van der Waals surface area contributed by atoms with Crippen LogP contribution in [0, 0.1) is 0 Å². The van der Waals surface area contributed by atoms with Crippen LogP contribution in [-0.4, -0.2) is 16.9 Å². The molecule has 0 radical (unpaired) electrons. The summed E-state index contributed by atoms with van der Waals surface area (Å²) < 4.78 is 0. The number of anilines is 1. The molecular weight excluding hydrogens is 266 g/mol. The Kier molecular flexibility index (Phi) is 4.22. The minimum absolute atomic E-state index is 0.298. The molecule has 2 rings (SSSR count). The Morgan fingerprint density at radius 2 is 2.28 bits per heavy atom. The van der Waals surface area contributed by atoms with Crippen molar-refractivity contribution in [1.29, 1.82) is 0 Å². The average molecular weight is 282 g/mol. The maximum Gasteiger partial charge on any atom is 0.180 e. The number of thiazole rings is 1. The molecule has 0 saturated carbocycles. The number of aromatic nitrogens is 1. The highest BCUT2D eigenvalue weighted by molar-refractivity contribution is 7.15. The highest BCUT2D eigenvalue weighted by Crippen LogP contribution is 2.25. The number of hydrogen-bond acceptors (Lipinski definition) is 4. The van der Waals surface area contributed by atoms with E-state index in [1.54, 1.807) is 0 Å². The van der Waals surface area contributed by atoms with Crippen molar-refractivity contribution in [2.45, 2.75) is 19.5 Å². The van der Waals surface area contributed by atoms with Crippen LogP contribution in [0.2, 0.25) is 5.02 Å². The molecule has 1 aromatic heterocycles. The minimum atomic E-state index is 0.298. The van der Waals surface area contributed by atoms with Crippen LogP contribution in [-0.2, 0) is 6.54 Å². The van der Waals surface area contributed by atoms with Crippen LogP contribution in [0.4, 0.5) is 5.13 Å². The molecule has 0 fully saturated rings. The molecule has 0 aliphatic carbocycles. The lowest BCUT2D eigenvalue weighted by atomic mass is 10.1. The summed E-state index contributed by atoms with van der Waals surface area (Å²) in [5.74, 6) is 0. The van der Waals surface area contributed by atoms with E-state index < -0.39 is 0 Å². The maximum absolute atomic E-state index is 6.01. The maximum atomic E-state index is 6.01. The fraction of sp³-hybridized carbons (Fsp3) is 0.308. The lowest BCUT2D eigenvalue weighted by Crippen LogP contribution is -2.21. The Labute approximate surface area is 116 Å². The molecule has 18 heavy (non-hydrogen) atoms. The second-order valence-corrected chi connectivity index (χ2v) is 5.89. The van der Waals surface area contributed by atoms with Crippen LogP contribution in [0.25, 0.3) is 0 Å². The summed E-state index contributed by atoms with van der Waals surface area (Å²) in [6, 6.07) is 8.26. The Hall–Kier alpha value is -1.10. The summed E-state index contributed by atoms with van der Waals surface area (Å²) >= 11 is 7.54. The Morgan fingerprint density at radius 3 is 2.89 bits per heavy atom. The van der Waals surface area contributed by atoms with E-state index in [1.165, 1.54) is 21.8 Å².